The zero-order chi connectivity index (χ0) is 17.6. The number of benzene rings is 3. The fraction of sp³-hybridized carbons (Fsp3) is 0.227. The van der Waals surface area contributed by atoms with Crippen molar-refractivity contribution in [3.63, 3.8) is 0 Å². The highest BCUT2D eigenvalue weighted by molar-refractivity contribution is 5.95. The summed E-state index contributed by atoms with van der Waals surface area (Å²) in [5.74, 6) is -0.333. The fourth-order valence-electron chi connectivity index (χ4n) is 3.79. The lowest BCUT2D eigenvalue weighted by atomic mass is 9.97. The first-order valence-electron chi connectivity index (χ1n) is 8.65. The third-order valence-electron chi connectivity index (χ3n) is 5.23. The predicted molar refractivity (Wildman–Crippen MR) is 101 cm³/mol. The Morgan fingerprint density at radius 3 is 2.56 bits per heavy atom. The van der Waals surface area contributed by atoms with Gasteiger partial charge in [-0.3, -0.25) is 0 Å². The molecule has 126 valence electrons. The molecular weight excluding hydrogens is 310 g/mol. The zero-order valence-corrected chi connectivity index (χ0v) is 14.5. The van der Waals surface area contributed by atoms with E-state index in [9.17, 15) is 4.79 Å². The molecule has 1 aliphatic carbocycles. The summed E-state index contributed by atoms with van der Waals surface area (Å²) in [5.41, 5.74) is 11.6. The highest BCUT2D eigenvalue weighted by Crippen LogP contribution is 2.36. The van der Waals surface area contributed by atoms with Gasteiger partial charge in [0.2, 0.25) is 0 Å². The van der Waals surface area contributed by atoms with E-state index in [1.807, 2.05) is 13.8 Å². The summed E-state index contributed by atoms with van der Waals surface area (Å²) < 4.78 is 5.77. The molecule has 0 radical (unpaired) electrons. The molecule has 0 saturated carbocycles. The van der Waals surface area contributed by atoms with E-state index in [0.717, 1.165) is 24.0 Å². The van der Waals surface area contributed by atoms with Crippen LogP contribution in [0.25, 0.3) is 10.8 Å². The van der Waals surface area contributed by atoms with Gasteiger partial charge in [-0.25, -0.2) is 4.79 Å². The molecule has 2 N–H and O–H groups in total. The topological polar surface area (TPSA) is 52.3 Å². The number of rotatable bonds is 3. The smallest absolute Gasteiger partial charge is 0.339 e. The molecule has 0 aliphatic heterocycles. The number of hydrogen-bond acceptors (Lipinski definition) is 3. The molecule has 3 aromatic carbocycles. The lowest BCUT2D eigenvalue weighted by Gasteiger charge is -2.18. The Labute approximate surface area is 147 Å². The summed E-state index contributed by atoms with van der Waals surface area (Å²) in [5, 5.41) is 2.53. The lowest BCUT2D eigenvalue weighted by Crippen LogP contribution is -2.12. The van der Waals surface area contributed by atoms with Crippen LogP contribution in [0.3, 0.4) is 0 Å². The Balaban J connectivity index is 1.68. The third kappa shape index (κ3) is 2.56. The Hall–Kier alpha value is -2.81. The second kappa shape index (κ2) is 5.92. The quantitative estimate of drug-likeness (QED) is 0.557. The zero-order valence-electron chi connectivity index (χ0n) is 14.5. The SMILES string of the molecule is Cc1c(N)cccc1C(=O)O[C@@H](C)c1ccc2c3c(cccc13)CC2. The number of ether oxygens (including phenoxy) is 1. The van der Waals surface area contributed by atoms with Gasteiger partial charge >= 0.3 is 5.97 Å². The molecule has 4 rings (SSSR count). The monoisotopic (exact) mass is 331 g/mol. The molecule has 25 heavy (non-hydrogen) atoms. The van der Waals surface area contributed by atoms with Crippen molar-refractivity contribution in [1.29, 1.82) is 0 Å². The van der Waals surface area contributed by atoms with Crippen molar-refractivity contribution in [3.05, 3.63) is 76.3 Å². The standard InChI is InChI=1S/C22H21NO2/c1-13-17(6-4-8-20(13)23)22(24)25-14(2)18-12-11-16-10-9-15-5-3-7-19(18)21(15)16/h3-8,11-12,14H,9-10,23H2,1-2H3/t14-/m0/s1. The Bertz CT molecular complexity index is 980. The second-order valence-corrected chi connectivity index (χ2v) is 6.72. The van der Waals surface area contributed by atoms with E-state index < -0.39 is 0 Å². The first kappa shape index (κ1) is 15.7. The van der Waals surface area contributed by atoms with Crippen LogP contribution in [0.1, 0.15) is 45.6 Å². The summed E-state index contributed by atoms with van der Waals surface area (Å²) in [6, 6.07) is 16.0. The Morgan fingerprint density at radius 1 is 1.04 bits per heavy atom. The van der Waals surface area contributed by atoms with Crippen LogP contribution in [0.4, 0.5) is 5.69 Å². The summed E-state index contributed by atoms with van der Waals surface area (Å²) in [6.07, 6.45) is 1.86. The van der Waals surface area contributed by atoms with Crippen LogP contribution in [0.2, 0.25) is 0 Å². The van der Waals surface area contributed by atoms with Crippen molar-refractivity contribution >= 4 is 22.4 Å². The molecule has 0 heterocycles. The minimum Gasteiger partial charge on any atom is -0.454 e. The molecule has 1 aliphatic rings. The van der Waals surface area contributed by atoms with Gasteiger partial charge in [-0.2, -0.15) is 0 Å². The van der Waals surface area contributed by atoms with Crippen LogP contribution in [-0.4, -0.2) is 5.97 Å². The van der Waals surface area contributed by atoms with Gasteiger partial charge in [-0.15, -0.1) is 0 Å². The highest BCUT2D eigenvalue weighted by Gasteiger charge is 2.21. The van der Waals surface area contributed by atoms with Crippen LogP contribution in [0.5, 0.6) is 0 Å². The van der Waals surface area contributed by atoms with E-state index >= 15 is 0 Å². The molecule has 0 aromatic heterocycles. The third-order valence-corrected chi connectivity index (χ3v) is 5.23. The maximum atomic E-state index is 12.6. The van der Waals surface area contributed by atoms with Crippen LogP contribution < -0.4 is 5.73 Å². The minimum absolute atomic E-state index is 0.321. The Morgan fingerprint density at radius 2 is 1.76 bits per heavy atom. The summed E-state index contributed by atoms with van der Waals surface area (Å²) in [6.45, 7) is 3.77. The van der Waals surface area contributed by atoms with Crippen molar-refractivity contribution in [3.8, 4) is 0 Å². The Kier molecular flexibility index (Phi) is 3.72. The van der Waals surface area contributed by atoms with Crippen molar-refractivity contribution in [1.82, 2.24) is 0 Å². The molecular formula is C22H21NO2. The summed E-state index contributed by atoms with van der Waals surface area (Å²) in [4.78, 5) is 12.6. The van der Waals surface area contributed by atoms with Crippen LogP contribution in [0.15, 0.2) is 48.5 Å². The van der Waals surface area contributed by atoms with E-state index in [2.05, 4.69) is 30.3 Å². The van der Waals surface area contributed by atoms with E-state index in [4.69, 9.17) is 10.5 Å². The van der Waals surface area contributed by atoms with Gasteiger partial charge < -0.3 is 10.5 Å². The number of anilines is 1. The van der Waals surface area contributed by atoms with Crippen LogP contribution >= 0.6 is 0 Å². The van der Waals surface area contributed by atoms with E-state index in [0.29, 0.717) is 11.3 Å². The molecule has 3 aromatic rings. The van der Waals surface area contributed by atoms with Crippen molar-refractivity contribution < 1.29 is 9.53 Å². The summed E-state index contributed by atoms with van der Waals surface area (Å²) >= 11 is 0. The number of esters is 1. The molecule has 0 saturated heterocycles. The number of nitrogens with two attached hydrogens (primary N) is 1. The van der Waals surface area contributed by atoms with E-state index in [1.165, 1.54) is 21.9 Å². The van der Waals surface area contributed by atoms with Gasteiger partial charge in [0, 0.05) is 11.3 Å². The van der Waals surface area contributed by atoms with E-state index in [-0.39, 0.29) is 12.1 Å². The number of carbonyl (C=O) groups excluding carboxylic acids is 1. The van der Waals surface area contributed by atoms with Gasteiger partial charge in [0.05, 0.1) is 5.56 Å². The molecule has 0 unspecified atom stereocenters. The van der Waals surface area contributed by atoms with Gasteiger partial charge in [0.15, 0.2) is 0 Å². The molecule has 0 fully saturated rings. The molecule has 0 bridgehead atoms. The predicted octanol–water partition coefficient (Wildman–Crippen LogP) is 4.75. The number of aryl methyl sites for hydroxylation is 2. The first-order chi connectivity index (χ1) is 12.1. The van der Waals surface area contributed by atoms with Crippen LogP contribution in [0, 0.1) is 6.92 Å². The van der Waals surface area contributed by atoms with Gasteiger partial charge in [0.25, 0.3) is 0 Å². The largest absolute Gasteiger partial charge is 0.454 e. The fourth-order valence-corrected chi connectivity index (χ4v) is 3.79. The van der Waals surface area contributed by atoms with Gasteiger partial charge in [0.1, 0.15) is 6.10 Å². The maximum Gasteiger partial charge on any atom is 0.339 e. The lowest BCUT2D eigenvalue weighted by molar-refractivity contribution is 0.0340. The molecule has 1 atom stereocenters. The van der Waals surface area contributed by atoms with Crippen LogP contribution in [-0.2, 0) is 17.6 Å². The minimum atomic E-state index is -0.333. The molecule has 0 spiro atoms. The molecule has 3 heteroatoms. The van der Waals surface area contributed by atoms with Gasteiger partial charge in [-0.05, 0) is 66.3 Å². The number of carbonyl (C=O) groups is 1. The van der Waals surface area contributed by atoms with Crippen molar-refractivity contribution in [2.45, 2.75) is 32.8 Å². The normalized spacial score (nSPS) is 13.8. The average Bonchev–Trinajstić information content (AvgIpc) is 3.02. The highest BCUT2D eigenvalue weighted by atomic mass is 16.5. The first-order valence-corrected chi connectivity index (χ1v) is 8.65. The van der Waals surface area contributed by atoms with Crippen molar-refractivity contribution in [2.24, 2.45) is 0 Å². The van der Waals surface area contributed by atoms with E-state index in [1.54, 1.807) is 18.2 Å². The average molecular weight is 331 g/mol. The molecule has 0 amide bonds. The number of nitrogen functional groups attached to an aromatic ring is 1. The number of hydrogen-bond donors (Lipinski definition) is 1. The maximum absolute atomic E-state index is 12.6. The second-order valence-electron chi connectivity index (χ2n) is 6.72. The molecule has 3 nitrogen and oxygen atoms in total. The summed E-state index contributed by atoms with van der Waals surface area (Å²) in [7, 11) is 0. The van der Waals surface area contributed by atoms with Gasteiger partial charge in [-0.1, -0.05) is 36.4 Å². The van der Waals surface area contributed by atoms with Crippen molar-refractivity contribution in [2.75, 3.05) is 5.73 Å².